The monoisotopic (exact) mass is 332 g/mol. The summed E-state index contributed by atoms with van der Waals surface area (Å²) >= 11 is 5.15. The SMILES string of the molecule is Fc1cccc(F)c1CCNC(=S)Nc1nc2ccccc2[nH]1. The van der Waals surface area contributed by atoms with Gasteiger partial charge in [0.15, 0.2) is 5.11 Å². The van der Waals surface area contributed by atoms with Gasteiger partial charge in [0.05, 0.1) is 11.0 Å². The molecule has 4 nitrogen and oxygen atoms in total. The Morgan fingerprint density at radius 3 is 2.57 bits per heavy atom. The molecule has 0 saturated carbocycles. The van der Waals surface area contributed by atoms with E-state index in [4.69, 9.17) is 12.2 Å². The van der Waals surface area contributed by atoms with E-state index in [2.05, 4.69) is 20.6 Å². The summed E-state index contributed by atoms with van der Waals surface area (Å²) in [5.74, 6) is -0.591. The van der Waals surface area contributed by atoms with Gasteiger partial charge >= 0.3 is 0 Å². The topological polar surface area (TPSA) is 52.7 Å². The van der Waals surface area contributed by atoms with Crippen LogP contribution in [0.3, 0.4) is 0 Å². The maximum atomic E-state index is 13.5. The molecule has 0 spiro atoms. The Kier molecular flexibility index (Phi) is 4.47. The van der Waals surface area contributed by atoms with E-state index in [0.717, 1.165) is 11.0 Å². The van der Waals surface area contributed by atoms with E-state index in [-0.39, 0.29) is 12.0 Å². The van der Waals surface area contributed by atoms with Crippen molar-refractivity contribution in [1.29, 1.82) is 0 Å². The molecule has 0 aliphatic heterocycles. The molecule has 2 aromatic carbocycles. The van der Waals surface area contributed by atoms with Gasteiger partial charge in [0.2, 0.25) is 5.95 Å². The highest BCUT2D eigenvalue weighted by molar-refractivity contribution is 7.80. The number of nitrogens with one attached hydrogen (secondary N) is 3. The van der Waals surface area contributed by atoms with Gasteiger partial charge in [-0.05, 0) is 42.9 Å². The van der Waals surface area contributed by atoms with Crippen LogP contribution in [0.5, 0.6) is 0 Å². The number of fused-ring (bicyclic) bond motifs is 1. The van der Waals surface area contributed by atoms with Crippen LogP contribution in [-0.2, 0) is 6.42 Å². The predicted molar refractivity (Wildman–Crippen MR) is 90.4 cm³/mol. The molecule has 0 radical (unpaired) electrons. The van der Waals surface area contributed by atoms with Crippen LogP contribution in [0.15, 0.2) is 42.5 Å². The van der Waals surface area contributed by atoms with Gasteiger partial charge in [-0.25, -0.2) is 13.8 Å². The number of aromatic nitrogens is 2. The Hall–Kier alpha value is -2.54. The summed E-state index contributed by atoms with van der Waals surface area (Å²) in [6.07, 6.45) is 0.195. The molecule has 0 aliphatic carbocycles. The van der Waals surface area contributed by atoms with Crippen molar-refractivity contribution in [3.63, 3.8) is 0 Å². The molecule has 0 bridgehead atoms. The van der Waals surface area contributed by atoms with Crippen molar-refractivity contribution in [3.05, 3.63) is 59.7 Å². The highest BCUT2D eigenvalue weighted by Crippen LogP contribution is 2.13. The van der Waals surface area contributed by atoms with E-state index in [9.17, 15) is 8.78 Å². The van der Waals surface area contributed by atoms with Crippen molar-refractivity contribution in [1.82, 2.24) is 15.3 Å². The molecule has 0 amide bonds. The highest BCUT2D eigenvalue weighted by atomic mass is 32.1. The maximum Gasteiger partial charge on any atom is 0.207 e. The van der Waals surface area contributed by atoms with Gasteiger partial charge in [-0.2, -0.15) is 0 Å². The zero-order valence-corrected chi connectivity index (χ0v) is 12.9. The summed E-state index contributed by atoms with van der Waals surface area (Å²) in [7, 11) is 0. The number of para-hydroxylation sites is 2. The van der Waals surface area contributed by atoms with Gasteiger partial charge in [-0.15, -0.1) is 0 Å². The van der Waals surface area contributed by atoms with Crippen molar-refractivity contribution in [2.75, 3.05) is 11.9 Å². The second kappa shape index (κ2) is 6.70. The van der Waals surface area contributed by atoms with Crippen molar-refractivity contribution in [3.8, 4) is 0 Å². The fourth-order valence-electron chi connectivity index (χ4n) is 2.24. The third-order valence-corrected chi connectivity index (χ3v) is 3.59. The zero-order valence-electron chi connectivity index (χ0n) is 12.1. The van der Waals surface area contributed by atoms with Crippen LogP contribution in [0.25, 0.3) is 11.0 Å². The molecule has 3 N–H and O–H groups in total. The Bertz CT molecular complexity index is 794. The number of hydrogen-bond donors (Lipinski definition) is 3. The van der Waals surface area contributed by atoms with Crippen molar-refractivity contribution >= 4 is 34.3 Å². The molecule has 0 saturated heterocycles. The summed E-state index contributed by atoms with van der Waals surface area (Å²) in [4.78, 5) is 7.42. The number of halogens is 2. The molecule has 0 fully saturated rings. The number of aromatic amines is 1. The van der Waals surface area contributed by atoms with Gasteiger partial charge in [0, 0.05) is 12.1 Å². The molecule has 118 valence electrons. The lowest BCUT2D eigenvalue weighted by Crippen LogP contribution is -2.30. The van der Waals surface area contributed by atoms with Gasteiger partial charge in [-0.3, -0.25) is 0 Å². The van der Waals surface area contributed by atoms with Crippen molar-refractivity contribution in [2.24, 2.45) is 0 Å². The normalized spacial score (nSPS) is 10.7. The number of benzene rings is 2. The first-order chi connectivity index (χ1) is 11.1. The average Bonchev–Trinajstić information content (AvgIpc) is 2.92. The Balaban J connectivity index is 1.55. The van der Waals surface area contributed by atoms with Gasteiger partial charge < -0.3 is 15.6 Å². The second-order valence-electron chi connectivity index (χ2n) is 4.93. The Morgan fingerprint density at radius 1 is 1.09 bits per heavy atom. The summed E-state index contributed by atoms with van der Waals surface area (Å²) in [5.41, 5.74) is 1.77. The van der Waals surface area contributed by atoms with E-state index in [1.807, 2.05) is 24.3 Å². The van der Waals surface area contributed by atoms with Crippen LogP contribution in [0.4, 0.5) is 14.7 Å². The van der Waals surface area contributed by atoms with Crippen LogP contribution in [-0.4, -0.2) is 21.6 Å². The van der Waals surface area contributed by atoms with Crippen LogP contribution in [0.1, 0.15) is 5.56 Å². The van der Waals surface area contributed by atoms with Gasteiger partial charge in [0.1, 0.15) is 11.6 Å². The quantitative estimate of drug-likeness (QED) is 0.641. The first kappa shape index (κ1) is 15.4. The molecule has 7 heteroatoms. The summed E-state index contributed by atoms with van der Waals surface area (Å²) in [6, 6.07) is 11.4. The number of nitrogens with zero attached hydrogens (tertiary/aromatic N) is 1. The molecule has 1 heterocycles. The number of thiocarbonyl (C=S) groups is 1. The van der Waals surface area contributed by atoms with Crippen molar-refractivity contribution in [2.45, 2.75) is 6.42 Å². The summed E-state index contributed by atoms with van der Waals surface area (Å²) in [6.45, 7) is 0.309. The molecule has 3 rings (SSSR count). The molecular formula is C16H14F2N4S. The lowest BCUT2D eigenvalue weighted by molar-refractivity contribution is 0.553. The number of anilines is 1. The fourth-order valence-corrected chi connectivity index (χ4v) is 2.43. The molecule has 1 aromatic heterocycles. The third kappa shape index (κ3) is 3.62. The van der Waals surface area contributed by atoms with Crippen LogP contribution >= 0.6 is 12.2 Å². The lowest BCUT2D eigenvalue weighted by atomic mass is 10.1. The smallest absolute Gasteiger partial charge is 0.207 e. The predicted octanol–water partition coefficient (Wildman–Crippen LogP) is 3.37. The minimum absolute atomic E-state index is 0.0477. The number of imidazole rings is 1. The number of hydrogen-bond acceptors (Lipinski definition) is 2. The third-order valence-electron chi connectivity index (χ3n) is 3.34. The minimum Gasteiger partial charge on any atom is -0.362 e. The van der Waals surface area contributed by atoms with Crippen LogP contribution in [0, 0.1) is 11.6 Å². The largest absolute Gasteiger partial charge is 0.362 e. The summed E-state index contributed by atoms with van der Waals surface area (Å²) in [5, 5.41) is 6.15. The van der Waals surface area contributed by atoms with Crippen LogP contribution in [0.2, 0.25) is 0 Å². The minimum atomic E-state index is -0.553. The Labute approximate surface area is 136 Å². The maximum absolute atomic E-state index is 13.5. The van der Waals surface area contributed by atoms with E-state index >= 15 is 0 Å². The first-order valence-corrected chi connectivity index (χ1v) is 7.47. The van der Waals surface area contributed by atoms with Crippen molar-refractivity contribution < 1.29 is 8.78 Å². The van der Waals surface area contributed by atoms with Crippen LogP contribution < -0.4 is 10.6 Å². The zero-order chi connectivity index (χ0) is 16.2. The average molecular weight is 332 g/mol. The van der Waals surface area contributed by atoms with E-state index < -0.39 is 11.6 Å². The molecule has 3 aromatic rings. The Morgan fingerprint density at radius 2 is 1.83 bits per heavy atom. The first-order valence-electron chi connectivity index (χ1n) is 7.06. The number of rotatable bonds is 4. The lowest BCUT2D eigenvalue weighted by Gasteiger charge is -2.09. The highest BCUT2D eigenvalue weighted by Gasteiger charge is 2.08. The second-order valence-corrected chi connectivity index (χ2v) is 5.34. The van der Waals surface area contributed by atoms with E-state index in [1.54, 1.807) is 0 Å². The number of H-pyrrole nitrogens is 1. The van der Waals surface area contributed by atoms with E-state index in [0.29, 0.717) is 17.6 Å². The molecule has 0 aliphatic rings. The summed E-state index contributed by atoms with van der Waals surface area (Å²) < 4.78 is 27.0. The van der Waals surface area contributed by atoms with Gasteiger partial charge in [-0.1, -0.05) is 18.2 Å². The fraction of sp³-hybridized carbons (Fsp3) is 0.125. The molecule has 0 atom stereocenters. The molecular weight excluding hydrogens is 318 g/mol. The molecule has 0 unspecified atom stereocenters. The van der Waals surface area contributed by atoms with E-state index in [1.165, 1.54) is 18.2 Å². The van der Waals surface area contributed by atoms with Gasteiger partial charge in [0.25, 0.3) is 0 Å². The standard InChI is InChI=1S/C16H14F2N4S/c17-11-4-3-5-12(18)10(11)8-9-19-16(23)22-15-20-13-6-1-2-7-14(13)21-15/h1-7H,8-9H2,(H3,19,20,21,22,23). The molecule has 23 heavy (non-hydrogen) atoms.